The molecule has 3 aromatic rings. The summed E-state index contributed by atoms with van der Waals surface area (Å²) in [5, 5.41) is 0.896. The fraction of sp³-hybridized carbons (Fsp3) is 0.455. The highest BCUT2D eigenvalue weighted by Crippen LogP contribution is 2.47. The number of hydrogen-bond acceptors (Lipinski definition) is 5. The Morgan fingerprint density at radius 1 is 1.24 bits per heavy atom. The fourth-order valence-electron chi connectivity index (χ4n) is 7.00. The lowest BCUT2D eigenvalue weighted by Crippen LogP contribution is -2.35. The van der Waals surface area contributed by atoms with Gasteiger partial charge in [0.05, 0.1) is 36.1 Å². The van der Waals surface area contributed by atoms with E-state index < -0.39 is 5.92 Å². The molecule has 1 fully saturated rings. The monoisotopic (exact) mass is 557 g/mol. The molecule has 2 atom stereocenters. The summed E-state index contributed by atoms with van der Waals surface area (Å²) in [6.45, 7) is 8.36. The number of nitrogens with zero attached hydrogens (tertiary/aromatic N) is 3. The zero-order valence-electron chi connectivity index (χ0n) is 24.2. The number of halogens is 1. The van der Waals surface area contributed by atoms with Gasteiger partial charge in [0.2, 0.25) is 5.91 Å². The van der Waals surface area contributed by atoms with Crippen LogP contribution in [0.1, 0.15) is 84.9 Å². The van der Waals surface area contributed by atoms with E-state index >= 15 is 4.39 Å². The van der Waals surface area contributed by atoms with Gasteiger partial charge in [0, 0.05) is 48.2 Å². The number of pyridine rings is 2. The van der Waals surface area contributed by atoms with Crippen molar-refractivity contribution < 1.29 is 18.7 Å². The standard InChI is InChI=1S/C33H36FN3O4/c1-6-18(15-38)22-12-28-31-23(14-37(28)33(40)24(22)16-41-5)30-27(36(4)32(39)17(3)19-8-9-19)11-10-21-20(7-2)25(34)13-26(35-31)29(21)30/h12-13,15,18-19,27H,3,6-11,14,16H2,1-2,4-5H3. The van der Waals surface area contributed by atoms with Crippen molar-refractivity contribution in [3.8, 4) is 11.4 Å². The van der Waals surface area contributed by atoms with Gasteiger partial charge in [0.25, 0.3) is 5.56 Å². The molecule has 6 rings (SSSR count). The molecule has 0 bridgehead atoms. The van der Waals surface area contributed by atoms with Crippen molar-refractivity contribution in [1.29, 1.82) is 0 Å². The Hall–Kier alpha value is -3.65. The first-order chi connectivity index (χ1) is 19.7. The molecule has 0 radical (unpaired) electrons. The van der Waals surface area contributed by atoms with E-state index in [4.69, 9.17) is 9.72 Å². The zero-order chi connectivity index (χ0) is 29.2. The maximum atomic E-state index is 15.4. The van der Waals surface area contributed by atoms with E-state index in [-0.39, 0.29) is 42.4 Å². The van der Waals surface area contributed by atoms with E-state index in [1.165, 1.54) is 13.2 Å². The maximum Gasteiger partial charge on any atom is 0.257 e. The number of fused-ring (bicyclic) bond motifs is 4. The molecule has 2 unspecified atom stereocenters. The number of carbonyl (C=O) groups excluding carboxylic acids is 2. The van der Waals surface area contributed by atoms with Crippen molar-refractivity contribution in [1.82, 2.24) is 14.5 Å². The van der Waals surface area contributed by atoms with Gasteiger partial charge in [-0.2, -0.15) is 0 Å². The van der Waals surface area contributed by atoms with Gasteiger partial charge in [-0.15, -0.1) is 0 Å². The summed E-state index contributed by atoms with van der Waals surface area (Å²) in [7, 11) is 3.36. The number of aldehydes is 1. The average molecular weight is 558 g/mol. The molecule has 3 heterocycles. The average Bonchev–Trinajstić information content (AvgIpc) is 3.76. The largest absolute Gasteiger partial charge is 0.380 e. The highest BCUT2D eigenvalue weighted by molar-refractivity contribution is 5.96. The van der Waals surface area contributed by atoms with Gasteiger partial charge in [-0.25, -0.2) is 9.37 Å². The van der Waals surface area contributed by atoms with Crippen molar-refractivity contribution >= 4 is 23.1 Å². The Morgan fingerprint density at radius 3 is 2.63 bits per heavy atom. The predicted molar refractivity (Wildman–Crippen MR) is 155 cm³/mol. The summed E-state index contributed by atoms with van der Waals surface area (Å²) < 4.78 is 22.5. The van der Waals surface area contributed by atoms with E-state index in [0.717, 1.165) is 41.2 Å². The van der Waals surface area contributed by atoms with Crippen LogP contribution in [0.4, 0.5) is 4.39 Å². The molecule has 2 aromatic heterocycles. The highest BCUT2D eigenvalue weighted by Gasteiger charge is 2.39. The minimum absolute atomic E-state index is 0.0633. The molecule has 41 heavy (non-hydrogen) atoms. The first-order valence-corrected chi connectivity index (χ1v) is 14.6. The summed E-state index contributed by atoms with van der Waals surface area (Å²) >= 11 is 0. The van der Waals surface area contributed by atoms with Crippen LogP contribution >= 0.6 is 0 Å². The van der Waals surface area contributed by atoms with Crippen molar-refractivity contribution in [2.45, 2.75) is 77.5 Å². The molecule has 8 heteroatoms. The van der Waals surface area contributed by atoms with Crippen molar-refractivity contribution in [2.24, 2.45) is 5.92 Å². The van der Waals surface area contributed by atoms with E-state index in [1.54, 1.807) is 9.47 Å². The molecule has 1 aliphatic heterocycles. The van der Waals surface area contributed by atoms with Gasteiger partial charge in [0.15, 0.2) is 0 Å². The Balaban J connectivity index is 1.62. The Labute approximate surface area is 239 Å². The number of aryl methyl sites for hydroxylation is 1. The van der Waals surface area contributed by atoms with Gasteiger partial charge >= 0.3 is 0 Å². The second-order valence-corrected chi connectivity index (χ2v) is 11.6. The molecule has 214 valence electrons. The minimum Gasteiger partial charge on any atom is -0.380 e. The smallest absolute Gasteiger partial charge is 0.257 e. The normalized spacial score (nSPS) is 17.7. The number of carbonyl (C=O) groups is 2. The van der Waals surface area contributed by atoms with Crippen LogP contribution in [0.5, 0.6) is 0 Å². The number of benzene rings is 1. The van der Waals surface area contributed by atoms with Gasteiger partial charge in [0.1, 0.15) is 12.1 Å². The van der Waals surface area contributed by atoms with E-state index in [2.05, 4.69) is 6.58 Å². The van der Waals surface area contributed by atoms with E-state index in [1.807, 2.05) is 27.0 Å². The SMILES string of the molecule is C=C(C(=O)N(C)C1CCc2c(CC)c(F)cc3nc4c(c1c23)Cn1c-4cc(C(C=O)CC)c(COC)c1=O)C1CC1. The quantitative estimate of drug-likeness (QED) is 0.204. The molecule has 0 N–H and O–H groups in total. The summed E-state index contributed by atoms with van der Waals surface area (Å²) in [5.74, 6) is -0.555. The molecule has 7 nitrogen and oxygen atoms in total. The molecule has 1 aromatic carbocycles. The molecule has 0 spiro atoms. The van der Waals surface area contributed by atoms with E-state index in [0.29, 0.717) is 64.9 Å². The molecule has 3 aliphatic rings. The van der Waals surface area contributed by atoms with E-state index in [9.17, 15) is 14.4 Å². The predicted octanol–water partition coefficient (Wildman–Crippen LogP) is 5.38. The van der Waals surface area contributed by atoms with Gasteiger partial charge < -0.3 is 19.0 Å². The van der Waals surface area contributed by atoms with Crippen LogP contribution in [0.2, 0.25) is 0 Å². The second-order valence-electron chi connectivity index (χ2n) is 11.6. The van der Waals surface area contributed by atoms with Crippen LogP contribution in [0.3, 0.4) is 0 Å². The lowest BCUT2D eigenvalue weighted by molar-refractivity contribution is -0.128. The molecular formula is C33H36FN3O4. The van der Waals surface area contributed by atoms with Gasteiger partial charge in [-0.05, 0) is 72.8 Å². The number of hydrogen-bond donors (Lipinski definition) is 0. The Morgan fingerprint density at radius 2 is 2.00 bits per heavy atom. The fourth-order valence-corrected chi connectivity index (χ4v) is 7.00. The van der Waals surface area contributed by atoms with Crippen LogP contribution in [-0.2, 0) is 40.3 Å². The van der Waals surface area contributed by atoms with Crippen molar-refractivity contribution in [2.75, 3.05) is 14.2 Å². The van der Waals surface area contributed by atoms with Crippen LogP contribution in [-0.4, -0.2) is 40.8 Å². The number of amides is 1. The lowest BCUT2D eigenvalue weighted by atomic mass is 9.80. The minimum atomic E-state index is -0.456. The number of likely N-dealkylation sites (N-methyl/N-ethyl adjacent to an activating group) is 1. The first kappa shape index (κ1) is 27.5. The van der Waals surface area contributed by atoms with Crippen LogP contribution in [0, 0.1) is 11.7 Å². The van der Waals surface area contributed by atoms with Crippen molar-refractivity contribution in [3.05, 3.63) is 73.8 Å². The maximum absolute atomic E-state index is 15.4. The van der Waals surface area contributed by atoms with Gasteiger partial charge in [-0.3, -0.25) is 9.59 Å². The summed E-state index contributed by atoms with van der Waals surface area (Å²) in [6, 6.07) is 3.12. The van der Waals surface area contributed by atoms with Crippen LogP contribution in [0.15, 0.2) is 29.1 Å². The van der Waals surface area contributed by atoms with Crippen molar-refractivity contribution in [3.63, 3.8) is 0 Å². The Kier molecular flexibility index (Phi) is 6.92. The number of aromatic nitrogens is 2. The first-order valence-electron chi connectivity index (χ1n) is 14.6. The van der Waals surface area contributed by atoms with Crippen LogP contribution in [0.25, 0.3) is 22.3 Å². The molecular weight excluding hydrogens is 521 g/mol. The topological polar surface area (TPSA) is 81.5 Å². The second kappa shape index (κ2) is 10.3. The molecule has 1 amide bonds. The zero-order valence-corrected chi connectivity index (χ0v) is 24.2. The number of ether oxygens (including phenoxy) is 1. The molecule has 0 saturated heterocycles. The number of methoxy groups -OCH3 is 1. The highest BCUT2D eigenvalue weighted by atomic mass is 19.1. The summed E-state index contributed by atoms with van der Waals surface area (Å²) in [6.07, 6.45) is 5.22. The van der Waals surface area contributed by atoms with Crippen LogP contribution < -0.4 is 5.56 Å². The third kappa shape index (κ3) is 4.18. The summed E-state index contributed by atoms with van der Waals surface area (Å²) in [5.41, 5.74) is 6.74. The lowest BCUT2D eigenvalue weighted by Gasteiger charge is -2.35. The molecule has 1 saturated carbocycles. The Bertz CT molecular complexity index is 1690. The third-order valence-electron chi connectivity index (χ3n) is 9.36. The third-order valence-corrected chi connectivity index (χ3v) is 9.36. The summed E-state index contributed by atoms with van der Waals surface area (Å²) in [4.78, 5) is 46.2. The molecule has 2 aliphatic carbocycles. The van der Waals surface area contributed by atoms with Gasteiger partial charge in [-0.1, -0.05) is 20.4 Å². The number of rotatable bonds is 9.